The molecule has 0 radical (unpaired) electrons. The van der Waals surface area contributed by atoms with E-state index < -0.39 is 0 Å². The molecule has 6 aromatic rings. The van der Waals surface area contributed by atoms with Crippen molar-refractivity contribution >= 4 is 66.6 Å². The van der Waals surface area contributed by atoms with Gasteiger partial charge in [0.05, 0.1) is 36.4 Å². The van der Waals surface area contributed by atoms with Gasteiger partial charge in [-0.15, -0.1) is 22.7 Å². The first-order valence-electron chi connectivity index (χ1n) is 23.2. The second-order valence-electron chi connectivity index (χ2n) is 17.6. The van der Waals surface area contributed by atoms with E-state index in [2.05, 4.69) is 94.2 Å². The smallest absolute Gasteiger partial charge is 0.234 e. The maximum Gasteiger partial charge on any atom is 0.234 e. The molecule has 1 atom stereocenters. The Morgan fingerprint density at radius 1 is 0.662 bits per heavy atom. The highest BCUT2D eigenvalue weighted by atomic mass is 32.1. The van der Waals surface area contributed by atoms with Crippen LogP contribution in [0, 0.1) is 17.8 Å². The van der Waals surface area contributed by atoms with Gasteiger partial charge in [0.15, 0.2) is 0 Å². The van der Waals surface area contributed by atoms with Crippen molar-refractivity contribution in [3.8, 4) is 22.3 Å². The maximum atomic E-state index is 11.5. The average Bonchev–Trinajstić information content (AvgIpc) is 4.13. The molecule has 2 aromatic carbocycles. The molecule has 3 N–H and O–H groups in total. The summed E-state index contributed by atoms with van der Waals surface area (Å²) in [7, 11) is 0. The highest BCUT2D eigenvalue weighted by molar-refractivity contribution is 7.17. The number of nitrogens with two attached hydrogens (primary N) is 1. The monoisotopic (exact) mass is 916 g/mol. The molecule has 0 bridgehead atoms. The molecule has 342 valence electrons. The normalized spacial score (nSPS) is 19.1. The summed E-state index contributed by atoms with van der Waals surface area (Å²) in [6, 6.07) is 21.0. The molecular weight excluding hydrogens is 857 g/mol. The summed E-state index contributed by atoms with van der Waals surface area (Å²) in [6.45, 7) is 12.5. The Bertz CT molecular complexity index is 2470. The predicted octanol–water partition coefficient (Wildman–Crippen LogP) is 6.42. The number of hydrogen-bond acceptors (Lipinski definition) is 14. The number of amides is 2. The van der Waals surface area contributed by atoms with Gasteiger partial charge in [-0.25, -0.2) is 19.9 Å². The van der Waals surface area contributed by atoms with Gasteiger partial charge in [0, 0.05) is 94.0 Å². The van der Waals surface area contributed by atoms with Crippen molar-refractivity contribution < 1.29 is 19.1 Å². The van der Waals surface area contributed by atoms with E-state index in [1.165, 1.54) is 33.0 Å². The van der Waals surface area contributed by atoms with Crippen LogP contribution in [0.1, 0.15) is 32.1 Å². The number of piperazine rings is 1. The molecule has 65 heavy (non-hydrogen) atoms. The molecule has 1 unspecified atom stereocenters. The Hall–Kier alpha value is -5.10. The number of fused-ring (bicyclic) bond motifs is 2. The summed E-state index contributed by atoms with van der Waals surface area (Å²) < 4.78 is 12.0. The van der Waals surface area contributed by atoms with E-state index in [9.17, 15) is 9.59 Å². The molecule has 10 rings (SSSR count). The molecule has 14 nitrogen and oxygen atoms in total. The van der Waals surface area contributed by atoms with E-state index >= 15 is 0 Å². The van der Waals surface area contributed by atoms with Crippen LogP contribution in [0.15, 0.2) is 84.1 Å². The van der Waals surface area contributed by atoms with Gasteiger partial charge in [0.2, 0.25) is 11.8 Å². The van der Waals surface area contributed by atoms with Crippen LogP contribution in [-0.4, -0.2) is 140 Å². The van der Waals surface area contributed by atoms with Crippen LogP contribution in [0.4, 0.5) is 11.6 Å². The number of benzene rings is 2. The van der Waals surface area contributed by atoms with E-state index in [1.54, 1.807) is 35.3 Å². The summed E-state index contributed by atoms with van der Waals surface area (Å²) >= 11 is 3.37. The Balaban J connectivity index is 0.000000164. The fourth-order valence-electron chi connectivity index (χ4n) is 9.52. The minimum atomic E-state index is -0.176. The van der Waals surface area contributed by atoms with E-state index in [1.807, 2.05) is 12.1 Å². The largest absolute Gasteiger partial charge is 0.380 e. The van der Waals surface area contributed by atoms with Gasteiger partial charge in [0.1, 0.15) is 34.0 Å². The van der Waals surface area contributed by atoms with Gasteiger partial charge in [-0.2, -0.15) is 0 Å². The lowest BCUT2D eigenvalue weighted by Gasteiger charge is -2.33. The third kappa shape index (κ3) is 11.3. The number of nitrogens with zero attached hydrogens (tertiary/aromatic N) is 8. The molecule has 0 spiro atoms. The van der Waals surface area contributed by atoms with Crippen molar-refractivity contribution in [3.63, 3.8) is 0 Å². The molecule has 4 aromatic heterocycles. The van der Waals surface area contributed by atoms with Crippen molar-refractivity contribution in [2.24, 2.45) is 23.5 Å². The van der Waals surface area contributed by atoms with Crippen molar-refractivity contribution in [3.05, 3.63) is 84.1 Å². The van der Waals surface area contributed by atoms with Crippen LogP contribution in [-0.2, 0) is 19.1 Å². The van der Waals surface area contributed by atoms with Gasteiger partial charge in [-0.05, 0) is 61.6 Å². The number of rotatable bonds is 15. The summed E-state index contributed by atoms with van der Waals surface area (Å²) in [5, 5.41) is 9.60. The molecule has 0 saturated carbocycles. The lowest BCUT2D eigenvalue weighted by Crippen LogP contribution is -2.48. The second-order valence-corrected chi connectivity index (χ2v) is 19.3. The van der Waals surface area contributed by atoms with E-state index in [0.29, 0.717) is 31.6 Å². The van der Waals surface area contributed by atoms with Gasteiger partial charge >= 0.3 is 0 Å². The van der Waals surface area contributed by atoms with E-state index in [-0.39, 0.29) is 17.7 Å². The fraction of sp³-hybridized carbons (Fsp3) is 0.469. The lowest BCUT2D eigenvalue weighted by molar-refractivity contribution is -0.124. The Morgan fingerprint density at radius 2 is 1.17 bits per heavy atom. The quantitative estimate of drug-likeness (QED) is 0.109. The summed E-state index contributed by atoms with van der Waals surface area (Å²) in [5.74, 6) is 3.20. The number of carbonyl (C=O) groups is 2. The number of aromatic nitrogens is 4. The Kier molecular flexibility index (Phi) is 15.2. The van der Waals surface area contributed by atoms with Crippen LogP contribution in [0.5, 0.6) is 0 Å². The summed E-state index contributed by atoms with van der Waals surface area (Å²) in [5.41, 5.74) is 10.3. The van der Waals surface area contributed by atoms with Gasteiger partial charge < -0.3 is 35.2 Å². The topological polar surface area (TPSA) is 155 Å². The molecule has 4 saturated heterocycles. The van der Waals surface area contributed by atoms with Crippen molar-refractivity contribution in [1.82, 2.24) is 35.1 Å². The second kappa shape index (κ2) is 21.9. The number of primary amides is 1. The lowest BCUT2D eigenvalue weighted by atomic mass is 9.97. The van der Waals surface area contributed by atoms with Crippen molar-refractivity contribution in [1.29, 1.82) is 0 Å². The number of piperidine rings is 2. The minimum absolute atomic E-state index is 0.00761. The predicted molar refractivity (Wildman–Crippen MR) is 260 cm³/mol. The van der Waals surface area contributed by atoms with Crippen LogP contribution < -0.4 is 20.9 Å². The first-order chi connectivity index (χ1) is 32.0. The van der Waals surface area contributed by atoms with E-state index in [0.717, 1.165) is 132 Å². The molecule has 4 aliphatic rings. The first-order valence-corrected chi connectivity index (χ1v) is 24.9. The van der Waals surface area contributed by atoms with Gasteiger partial charge in [-0.3, -0.25) is 14.5 Å². The van der Waals surface area contributed by atoms with Gasteiger partial charge in [0.25, 0.3) is 0 Å². The number of nitrogens with one attached hydrogen (secondary N) is 1. The zero-order valence-corrected chi connectivity index (χ0v) is 38.7. The van der Waals surface area contributed by atoms with E-state index in [4.69, 9.17) is 25.2 Å². The van der Waals surface area contributed by atoms with Crippen LogP contribution in [0.2, 0.25) is 0 Å². The third-order valence-corrected chi connectivity index (χ3v) is 15.1. The average molecular weight is 917 g/mol. The molecule has 0 aliphatic carbocycles. The fourth-order valence-corrected chi connectivity index (χ4v) is 11.3. The standard InChI is InChI=1S/C25H31N5O2S.C24H29N5O2S/c26-23(31)20-8-9-29(14-20)12-13-32-15-18-6-10-30(11-7-18)24-22-21(19-4-2-1-3-5-19)16-33-25(22)28-17-27-24;30-21-14-28(11-8-25-21)12-13-31-15-18-6-9-29(10-7-18)23-22-20(19-4-2-1-3-5-19)16-32-24(22)27-17-26-23/h1-5,16-18,20H,6-15H2,(H2,26,31);1-5,16-18H,6-15H2,(H,25,30). The Morgan fingerprint density at radius 3 is 1.65 bits per heavy atom. The van der Waals surface area contributed by atoms with Crippen LogP contribution in [0.3, 0.4) is 0 Å². The maximum absolute atomic E-state index is 11.5. The van der Waals surface area contributed by atoms with Gasteiger partial charge in [-0.1, -0.05) is 60.7 Å². The number of likely N-dealkylation sites (tertiary alicyclic amines) is 1. The minimum Gasteiger partial charge on any atom is -0.380 e. The number of thiophene rings is 2. The first kappa shape index (κ1) is 45.1. The molecule has 16 heteroatoms. The highest BCUT2D eigenvalue weighted by Gasteiger charge is 2.28. The van der Waals surface area contributed by atoms with Crippen molar-refractivity contribution in [2.75, 3.05) is 108 Å². The molecule has 4 fully saturated rings. The SMILES string of the molecule is NC(=O)C1CCN(CCOCC2CCN(c3ncnc4scc(-c5ccccc5)c34)CC2)C1.O=C1CN(CCOCC2CCN(c3ncnc4scc(-c5ccccc5)c34)CC2)CCN1. The number of hydrogen-bond donors (Lipinski definition) is 2. The number of anilines is 2. The van der Waals surface area contributed by atoms with Crippen molar-refractivity contribution in [2.45, 2.75) is 32.1 Å². The summed E-state index contributed by atoms with van der Waals surface area (Å²) in [4.78, 5) is 52.6. The Labute approximate surface area is 389 Å². The molecular formula is C49H60N10O4S2. The summed E-state index contributed by atoms with van der Waals surface area (Å²) in [6.07, 6.45) is 8.66. The number of carbonyl (C=O) groups excluding carboxylic acids is 2. The number of ether oxygens (including phenoxy) is 2. The molecule has 2 amide bonds. The van der Waals surface area contributed by atoms with Crippen LogP contribution >= 0.6 is 22.7 Å². The molecule has 8 heterocycles. The zero-order valence-electron chi connectivity index (χ0n) is 37.1. The van der Waals surface area contributed by atoms with Crippen LogP contribution in [0.25, 0.3) is 42.7 Å². The molecule has 4 aliphatic heterocycles. The third-order valence-electron chi connectivity index (χ3n) is 13.3. The highest BCUT2D eigenvalue weighted by Crippen LogP contribution is 2.40. The zero-order chi connectivity index (χ0) is 44.4.